The van der Waals surface area contributed by atoms with E-state index in [1.807, 2.05) is 12.1 Å². The van der Waals surface area contributed by atoms with E-state index in [-0.39, 0.29) is 0 Å². The minimum Gasteiger partial charge on any atom is -0.350 e. The quantitative estimate of drug-likeness (QED) is 0.774. The van der Waals surface area contributed by atoms with Crippen LogP contribution >= 0.6 is 0 Å². The fourth-order valence-corrected chi connectivity index (χ4v) is 2.32. The predicted octanol–water partition coefficient (Wildman–Crippen LogP) is 2.26. The van der Waals surface area contributed by atoms with Crippen molar-refractivity contribution in [2.24, 2.45) is 7.05 Å². The van der Waals surface area contributed by atoms with Gasteiger partial charge in [-0.1, -0.05) is 18.2 Å². The Morgan fingerprint density at radius 2 is 2.00 bits per heavy atom. The summed E-state index contributed by atoms with van der Waals surface area (Å²) in [5, 5.41) is 12.6. The number of fused-ring (bicyclic) bond motifs is 1. The third-order valence-corrected chi connectivity index (χ3v) is 3.23. The number of hydrogen-bond donors (Lipinski definition) is 1. The molecule has 4 heteroatoms. The lowest BCUT2D eigenvalue weighted by Gasteiger charge is -2.02. The van der Waals surface area contributed by atoms with Gasteiger partial charge in [0.2, 0.25) is 0 Å². The number of aryl methyl sites for hydroxylation is 1. The second kappa shape index (κ2) is 5.20. The van der Waals surface area contributed by atoms with Gasteiger partial charge in [-0.3, -0.25) is 0 Å². The molecular formula is C15H16N4. The monoisotopic (exact) mass is 252 g/mol. The van der Waals surface area contributed by atoms with Crippen LogP contribution in [0.1, 0.15) is 11.3 Å². The Morgan fingerprint density at radius 1 is 1.11 bits per heavy atom. The molecule has 0 saturated heterocycles. The molecule has 0 unspecified atom stereocenters. The molecule has 0 bridgehead atoms. The smallest absolute Gasteiger partial charge is 0.0769 e. The maximum absolute atomic E-state index is 4.06. The number of hydrogen-bond acceptors (Lipinski definition) is 3. The van der Waals surface area contributed by atoms with Gasteiger partial charge in [-0.2, -0.15) is 10.2 Å². The van der Waals surface area contributed by atoms with E-state index in [9.17, 15) is 0 Å². The molecule has 0 spiro atoms. The topological polar surface area (TPSA) is 42.7 Å². The third-order valence-electron chi connectivity index (χ3n) is 3.23. The maximum atomic E-state index is 4.06. The minimum absolute atomic E-state index is 0.733. The first-order valence-corrected chi connectivity index (χ1v) is 6.35. The average molecular weight is 252 g/mol. The summed E-state index contributed by atoms with van der Waals surface area (Å²) in [6, 6.07) is 12.3. The van der Waals surface area contributed by atoms with E-state index in [2.05, 4.69) is 57.6 Å². The molecule has 0 aliphatic rings. The molecule has 3 rings (SSSR count). The zero-order valence-electron chi connectivity index (χ0n) is 10.9. The van der Waals surface area contributed by atoms with Crippen LogP contribution in [0.5, 0.6) is 0 Å². The average Bonchev–Trinajstić information content (AvgIpc) is 2.78. The highest BCUT2D eigenvalue weighted by Crippen LogP contribution is 2.19. The van der Waals surface area contributed by atoms with Crippen LogP contribution in [-0.4, -0.2) is 14.8 Å². The van der Waals surface area contributed by atoms with Crippen LogP contribution in [0.15, 0.2) is 48.8 Å². The van der Waals surface area contributed by atoms with Crippen molar-refractivity contribution in [3.05, 3.63) is 60.0 Å². The largest absolute Gasteiger partial charge is 0.350 e. The molecule has 1 N–H and O–H groups in total. The minimum atomic E-state index is 0.733. The first-order chi connectivity index (χ1) is 9.34. The summed E-state index contributed by atoms with van der Waals surface area (Å²) < 4.78 is 2.16. The molecule has 0 radical (unpaired) electrons. The molecule has 2 aromatic heterocycles. The van der Waals surface area contributed by atoms with Crippen molar-refractivity contribution in [2.45, 2.75) is 13.1 Å². The zero-order valence-corrected chi connectivity index (χ0v) is 10.9. The maximum Gasteiger partial charge on any atom is 0.0769 e. The van der Waals surface area contributed by atoms with E-state index in [0.717, 1.165) is 18.8 Å². The van der Waals surface area contributed by atoms with Crippen LogP contribution in [0.25, 0.3) is 10.9 Å². The Kier molecular flexibility index (Phi) is 3.25. The highest BCUT2D eigenvalue weighted by Gasteiger charge is 2.05. The Balaban J connectivity index is 1.72. The van der Waals surface area contributed by atoms with Crippen molar-refractivity contribution in [1.82, 2.24) is 20.1 Å². The van der Waals surface area contributed by atoms with Gasteiger partial charge in [0.05, 0.1) is 5.69 Å². The van der Waals surface area contributed by atoms with Gasteiger partial charge in [0.15, 0.2) is 0 Å². The summed E-state index contributed by atoms with van der Waals surface area (Å²) in [6.45, 7) is 1.56. The summed E-state index contributed by atoms with van der Waals surface area (Å²) in [4.78, 5) is 0. The molecule has 3 aromatic rings. The molecule has 2 heterocycles. The molecular weight excluding hydrogens is 236 g/mol. The summed E-state index contributed by atoms with van der Waals surface area (Å²) in [6.07, 6.45) is 3.86. The van der Waals surface area contributed by atoms with Crippen LogP contribution in [0, 0.1) is 0 Å². The summed E-state index contributed by atoms with van der Waals surface area (Å²) >= 11 is 0. The van der Waals surface area contributed by atoms with Gasteiger partial charge in [0, 0.05) is 43.4 Å². The molecule has 0 aliphatic heterocycles. The molecule has 0 fully saturated rings. The normalized spacial score (nSPS) is 11.0. The summed E-state index contributed by atoms with van der Waals surface area (Å²) in [5.41, 5.74) is 3.53. The van der Waals surface area contributed by atoms with Crippen LogP contribution in [-0.2, 0) is 20.1 Å². The first-order valence-electron chi connectivity index (χ1n) is 6.35. The highest BCUT2D eigenvalue weighted by molar-refractivity contribution is 5.83. The van der Waals surface area contributed by atoms with E-state index >= 15 is 0 Å². The third kappa shape index (κ3) is 2.48. The second-order valence-electron chi connectivity index (χ2n) is 4.60. The lowest BCUT2D eigenvalue weighted by molar-refractivity contribution is 0.671. The molecule has 1 aromatic carbocycles. The SMILES string of the molecule is Cn1cc(CNCc2cccnn2)c2ccccc21. The van der Waals surface area contributed by atoms with Crippen molar-refractivity contribution in [3.8, 4) is 0 Å². The molecule has 0 saturated carbocycles. The van der Waals surface area contributed by atoms with Crippen LogP contribution in [0.2, 0.25) is 0 Å². The van der Waals surface area contributed by atoms with Crippen molar-refractivity contribution in [1.29, 1.82) is 0 Å². The van der Waals surface area contributed by atoms with Gasteiger partial charge in [0.25, 0.3) is 0 Å². The number of rotatable bonds is 4. The van der Waals surface area contributed by atoms with Gasteiger partial charge >= 0.3 is 0 Å². The Bertz CT molecular complexity index is 673. The van der Waals surface area contributed by atoms with E-state index in [0.29, 0.717) is 0 Å². The fourth-order valence-electron chi connectivity index (χ4n) is 2.32. The molecule has 0 amide bonds. The van der Waals surface area contributed by atoms with Gasteiger partial charge < -0.3 is 9.88 Å². The number of nitrogens with one attached hydrogen (secondary N) is 1. The standard InChI is InChI=1S/C15H16N4/c1-19-11-12(14-6-2-3-7-15(14)19)9-16-10-13-5-4-8-17-18-13/h2-8,11,16H,9-10H2,1H3. The molecule has 0 atom stereocenters. The van der Waals surface area contributed by atoms with Gasteiger partial charge in [-0.25, -0.2) is 0 Å². The van der Waals surface area contributed by atoms with Crippen molar-refractivity contribution in [2.75, 3.05) is 0 Å². The van der Waals surface area contributed by atoms with Crippen molar-refractivity contribution >= 4 is 10.9 Å². The Labute approximate surface area is 112 Å². The predicted molar refractivity (Wildman–Crippen MR) is 75.5 cm³/mol. The van der Waals surface area contributed by atoms with Crippen molar-refractivity contribution in [3.63, 3.8) is 0 Å². The van der Waals surface area contributed by atoms with E-state index in [4.69, 9.17) is 0 Å². The van der Waals surface area contributed by atoms with Crippen molar-refractivity contribution < 1.29 is 0 Å². The lowest BCUT2D eigenvalue weighted by Crippen LogP contribution is -2.13. The summed E-state index contributed by atoms with van der Waals surface area (Å²) in [7, 11) is 2.08. The van der Waals surface area contributed by atoms with E-state index < -0.39 is 0 Å². The van der Waals surface area contributed by atoms with Crippen LogP contribution in [0.4, 0.5) is 0 Å². The lowest BCUT2D eigenvalue weighted by atomic mass is 10.2. The number of benzene rings is 1. The highest BCUT2D eigenvalue weighted by atomic mass is 15.1. The number of nitrogens with zero attached hydrogens (tertiary/aromatic N) is 3. The van der Waals surface area contributed by atoms with Crippen LogP contribution < -0.4 is 5.32 Å². The second-order valence-corrected chi connectivity index (χ2v) is 4.60. The number of para-hydroxylation sites is 1. The van der Waals surface area contributed by atoms with E-state index in [1.54, 1.807) is 6.20 Å². The van der Waals surface area contributed by atoms with Gasteiger partial charge in [0.1, 0.15) is 0 Å². The molecule has 4 nitrogen and oxygen atoms in total. The van der Waals surface area contributed by atoms with E-state index in [1.165, 1.54) is 16.5 Å². The summed E-state index contributed by atoms with van der Waals surface area (Å²) in [5.74, 6) is 0. The molecule has 0 aliphatic carbocycles. The Morgan fingerprint density at radius 3 is 2.84 bits per heavy atom. The first kappa shape index (κ1) is 11.9. The fraction of sp³-hybridized carbons (Fsp3) is 0.200. The Hall–Kier alpha value is -2.20. The van der Waals surface area contributed by atoms with Crippen LogP contribution in [0.3, 0.4) is 0 Å². The zero-order chi connectivity index (χ0) is 13.1. The van der Waals surface area contributed by atoms with Gasteiger partial charge in [-0.05, 0) is 23.8 Å². The van der Waals surface area contributed by atoms with Gasteiger partial charge in [-0.15, -0.1) is 0 Å². The molecule has 96 valence electrons. The molecule has 19 heavy (non-hydrogen) atoms. The number of aromatic nitrogens is 3.